The molecule has 1 aromatic rings. The van der Waals surface area contributed by atoms with E-state index in [1.54, 1.807) is 13.2 Å². The summed E-state index contributed by atoms with van der Waals surface area (Å²) in [5, 5.41) is 19.8. The van der Waals surface area contributed by atoms with Gasteiger partial charge in [0, 0.05) is 18.2 Å². The molecule has 0 bridgehead atoms. The third-order valence-corrected chi connectivity index (χ3v) is 3.85. The molecule has 1 heterocycles. The maximum atomic E-state index is 10.7. The highest BCUT2D eigenvalue weighted by Crippen LogP contribution is 2.43. The van der Waals surface area contributed by atoms with Crippen LogP contribution in [0, 0.1) is 0 Å². The van der Waals surface area contributed by atoms with Gasteiger partial charge in [0.2, 0.25) is 0 Å². The molecular formula is C15H23NO4. The highest BCUT2D eigenvalue weighted by Gasteiger charge is 2.45. The van der Waals surface area contributed by atoms with Crippen LogP contribution in [0.15, 0.2) is 18.2 Å². The third kappa shape index (κ3) is 2.61. The van der Waals surface area contributed by atoms with Gasteiger partial charge < -0.3 is 19.7 Å². The summed E-state index contributed by atoms with van der Waals surface area (Å²) in [7, 11) is 3.48. The van der Waals surface area contributed by atoms with E-state index in [0.29, 0.717) is 18.0 Å². The molecule has 0 saturated carbocycles. The van der Waals surface area contributed by atoms with Crippen LogP contribution in [0.4, 0.5) is 0 Å². The van der Waals surface area contributed by atoms with E-state index in [4.69, 9.17) is 14.6 Å². The largest absolute Gasteiger partial charge is 0.497 e. The van der Waals surface area contributed by atoms with Gasteiger partial charge in [0.25, 0.3) is 0 Å². The van der Waals surface area contributed by atoms with Crippen LogP contribution in [-0.2, 0) is 0 Å². The van der Waals surface area contributed by atoms with E-state index in [2.05, 4.69) is 0 Å². The van der Waals surface area contributed by atoms with E-state index in [-0.39, 0.29) is 12.6 Å². The average Bonchev–Trinajstić information content (AvgIpc) is 2.37. The van der Waals surface area contributed by atoms with Gasteiger partial charge in [0.05, 0.1) is 19.8 Å². The summed E-state index contributed by atoms with van der Waals surface area (Å²) in [6.07, 6.45) is -0.670. The first kappa shape index (κ1) is 15.1. The molecule has 0 aliphatic carbocycles. The second kappa shape index (κ2) is 5.60. The van der Waals surface area contributed by atoms with Crippen LogP contribution < -0.4 is 9.47 Å². The summed E-state index contributed by atoms with van der Waals surface area (Å²) in [6, 6.07) is 5.21. The van der Waals surface area contributed by atoms with Gasteiger partial charge in [-0.05, 0) is 33.0 Å². The molecule has 2 N–H and O–H groups in total. The minimum atomic E-state index is -0.670. The smallest absolute Gasteiger partial charge is 0.129 e. The summed E-state index contributed by atoms with van der Waals surface area (Å²) in [5.41, 5.74) is 0.183. The Labute approximate surface area is 119 Å². The minimum absolute atomic E-state index is 0.0469. The number of ether oxygens (including phenoxy) is 2. The molecule has 1 aromatic carbocycles. The van der Waals surface area contributed by atoms with Gasteiger partial charge in [-0.3, -0.25) is 4.90 Å². The van der Waals surface area contributed by atoms with Crippen molar-refractivity contribution in [1.82, 2.24) is 4.90 Å². The SMILES string of the molecule is COc1ccc2c(c1)OC(C)(C)C(N(C)CCO)C2O. The maximum Gasteiger partial charge on any atom is 0.129 e. The van der Waals surface area contributed by atoms with Crippen LogP contribution in [0.25, 0.3) is 0 Å². The van der Waals surface area contributed by atoms with Gasteiger partial charge in [-0.1, -0.05) is 0 Å². The molecule has 0 aromatic heterocycles. The molecule has 5 heteroatoms. The van der Waals surface area contributed by atoms with Crippen molar-refractivity contribution in [3.8, 4) is 11.5 Å². The molecular weight excluding hydrogens is 258 g/mol. The van der Waals surface area contributed by atoms with Crippen LogP contribution in [0.2, 0.25) is 0 Å². The van der Waals surface area contributed by atoms with Gasteiger partial charge in [0.15, 0.2) is 0 Å². The number of aliphatic hydroxyl groups excluding tert-OH is 2. The number of nitrogens with zero attached hydrogens (tertiary/aromatic N) is 1. The molecule has 0 amide bonds. The Morgan fingerprint density at radius 3 is 2.70 bits per heavy atom. The van der Waals surface area contributed by atoms with Crippen molar-refractivity contribution in [2.24, 2.45) is 0 Å². The maximum absolute atomic E-state index is 10.7. The monoisotopic (exact) mass is 281 g/mol. The van der Waals surface area contributed by atoms with Crippen LogP contribution in [0.3, 0.4) is 0 Å². The van der Waals surface area contributed by atoms with Crippen LogP contribution >= 0.6 is 0 Å². The molecule has 112 valence electrons. The van der Waals surface area contributed by atoms with E-state index < -0.39 is 11.7 Å². The van der Waals surface area contributed by atoms with Gasteiger partial charge in [-0.25, -0.2) is 0 Å². The van der Waals surface area contributed by atoms with Crippen LogP contribution in [0.5, 0.6) is 11.5 Å². The lowest BCUT2D eigenvalue weighted by molar-refractivity contribution is -0.0773. The number of hydrogen-bond acceptors (Lipinski definition) is 5. The molecule has 5 nitrogen and oxygen atoms in total. The molecule has 0 spiro atoms. The highest BCUT2D eigenvalue weighted by atomic mass is 16.5. The third-order valence-electron chi connectivity index (χ3n) is 3.85. The lowest BCUT2D eigenvalue weighted by Crippen LogP contribution is -2.57. The van der Waals surface area contributed by atoms with Crippen molar-refractivity contribution in [1.29, 1.82) is 0 Å². The number of methoxy groups -OCH3 is 1. The number of hydrogen-bond donors (Lipinski definition) is 2. The van der Waals surface area contributed by atoms with Crippen molar-refractivity contribution in [3.63, 3.8) is 0 Å². The molecule has 20 heavy (non-hydrogen) atoms. The quantitative estimate of drug-likeness (QED) is 0.868. The Kier molecular flexibility index (Phi) is 4.22. The second-order valence-electron chi connectivity index (χ2n) is 5.70. The molecule has 2 rings (SSSR count). The van der Waals surface area contributed by atoms with Crippen molar-refractivity contribution in [2.75, 3.05) is 27.3 Å². The minimum Gasteiger partial charge on any atom is -0.497 e. The predicted molar refractivity (Wildman–Crippen MR) is 76.2 cm³/mol. The fraction of sp³-hybridized carbons (Fsp3) is 0.600. The second-order valence-corrected chi connectivity index (χ2v) is 5.70. The Morgan fingerprint density at radius 1 is 1.40 bits per heavy atom. The summed E-state index contributed by atoms with van der Waals surface area (Å²) in [6.45, 7) is 4.42. The van der Waals surface area contributed by atoms with Gasteiger partial charge in [0.1, 0.15) is 23.2 Å². The Morgan fingerprint density at radius 2 is 2.10 bits per heavy atom. The fourth-order valence-electron chi connectivity index (χ4n) is 2.94. The Bertz CT molecular complexity index is 475. The van der Waals surface area contributed by atoms with Crippen molar-refractivity contribution >= 4 is 0 Å². The lowest BCUT2D eigenvalue weighted by atomic mass is 9.85. The summed E-state index contributed by atoms with van der Waals surface area (Å²) in [4.78, 5) is 1.93. The van der Waals surface area contributed by atoms with E-state index in [1.165, 1.54) is 0 Å². The number of rotatable bonds is 4. The van der Waals surface area contributed by atoms with E-state index in [9.17, 15) is 5.11 Å². The lowest BCUT2D eigenvalue weighted by Gasteiger charge is -2.46. The predicted octanol–water partition coefficient (Wildman–Crippen LogP) is 1.19. The van der Waals surface area contributed by atoms with Crippen LogP contribution in [0.1, 0.15) is 25.5 Å². The topological polar surface area (TPSA) is 62.2 Å². The normalized spacial score (nSPS) is 24.1. The number of benzene rings is 1. The Hall–Kier alpha value is -1.30. The standard InChI is InChI=1S/C15H23NO4/c1-15(2)14(16(3)7-8-17)13(18)11-6-5-10(19-4)9-12(11)20-15/h5-6,9,13-14,17-18H,7-8H2,1-4H3. The molecule has 0 saturated heterocycles. The average molecular weight is 281 g/mol. The van der Waals surface area contributed by atoms with E-state index in [1.807, 2.05) is 37.9 Å². The van der Waals surface area contributed by atoms with Gasteiger partial charge in [-0.2, -0.15) is 0 Å². The van der Waals surface area contributed by atoms with E-state index in [0.717, 1.165) is 5.56 Å². The first-order chi connectivity index (χ1) is 9.40. The number of aliphatic hydroxyl groups is 2. The van der Waals surface area contributed by atoms with E-state index >= 15 is 0 Å². The molecule has 1 aliphatic heterocycles. The number of fused-ring (bicyclic) bond motifs is 1. The first-order valence-electron chi connectivity index (χ1n) is 6.77. The molecule has 2 unspecified atom stereocenters. The zero-order valence-corrected chi connectivity index (χ0v) is 12.5. The summed E-state index contributed by atoms with van der Waals surface area (Å²) in [5.74, 6) is 1.35. The molecule has 0 fully saturated rings. The zero-order chi connectivity index (χ0) is 14.9. The number of likely N-dealkylation sites (N-methyl/N-ethyl adjacent to an activating group) is 1. The van der Waals surface area contributed by atoms with Crippen molar-refractivity contribution in [3.05, 3.63) is 23.8 Å². The fourth-order valence-corrected chi connectivity index (χ4v) is 2.94. The van der Waals surface area contributed by atoms with Gasteiger partial charge in [-0.15, -0.1) is 0 Å². The van der Waals surface area contributed by atoms with Crippen molar-refractivity contribution < 1.29 is 19.7 Å². The van der Waals surface area contributed by atoms with Crippen molar-refractivity contribution in [2.45, 2.75) is 31.6 Å². The highest BCUT2D eigenvalue weighted by molar-refractivity contribution is 5.45. The summed E-state index contributed by atoms with van der Waals surface area (Å²) < 4.78 is 11.2. The first-order valence-corrected chi connectivity index (χ1v) is 6.77. The summed E-state index contributed by atoms with van der Waals surface area (Å²) >= 11 is 0. The molecule has 0 radical (unpaired) electrons. The molecule has 1 aliphatic rings. The van der Waals surface area contributed by atoms with Gasteiger partial charge >= 0.3 is 0 Å². The van der Waals surface area contributed by atoms with Crippen LogP contribution in [-0.4, -0.2) is 54.1 Å². The Balaban J connectivity index is 2.39. The zero-order valence-electron chi connectivity index (χ0n) is 12.5. The molecule has 2 atom stereocenters.